The van der Waals surface area contributed by atoms with Crippen LogP contribution in [0.4, 0.5) is 0 Å². The van der Waals surface area contributed by atoms with E-state index in [1.807, 2.05) is 6.92 Å². The molecule has 1 N–H and O–H groups in total. The van der Waals surface area contributed by atoms with Crippen molar-refractivity contribution in [3.8, 4) is 0 Å². The van der Waals surface area contributed by atoms with Crippen LogP contribution >= 0.6 is 0 Å². The van der Waals surface area contributed by atoms with E-state index in [9.17, 15) is 4.79 Å². The summed E-state index contributed by atoms with van der Waals surface area (Å²) >= 11 is 0. The van der Waals surface area contributed by atoms with E-state index in [0.29, 0.717) is 24.0 Å². The van der Waals surface area contributed by atoms with Crippen LogP contribution in [0.1, 0.15) is 43.5 Å². The lowest BCUT2D eigenvalue weighted by atomic mass is 9.96. The zero-order valence-electron chi connectivity index (χ0n) is 10.2. The second-order valence-electron chi connectivity index (χ2n) is 4.63. The van der Waals surface area contributed by atoms with Crippen LogP contribution in [-0.2, 0) is 21.6 Å². The molecule has 1 fully saturated rings. The minimum Gasteiger partial charge on any atom is -0.481 e. The Kier molecular flexibility index (Phi) is 3.19. The Labute approximate surface area is 99.8 Å². The van der Waals surface area contributed by atoms with Crippen molar-refractivity contribution in [2.75, 3.05) is 6.61 Å². The third kappa shape index (κ3) is 2.49. The lowest BCUT2D eigenvalue weighted by Gasteiger charge is -2.30. The molecule has 17 heavy (non-hydrogen) atoms. The SMILES string of the molecule is Cc1nc(C2(C)CCCCO2)oc1CC(=O)O. The van der Waals surface area contributed by atoms with Crippen molar-refractivity contribution in [1.82, 2.24) is 4.98 Å². The molecule has 5 heteroatoms. The number of hydrogen-bond donors (Lipinski definition) is 1. The topological polar surface area (TPSA) is 72.6 Å². The van der Waals surface area contributed by atoms with Crippen molar-refractivity contribution < 1.29 is 19.1 Å². The van der Waals surface area contributed by atoms with Crippen LogP contribution in [0.5, 0.6) is 0 Å². The lowest BCUT2D eigenvalue weighted by molar-refractivity contribution is -0.136. The van der Waals surface area contributed by atoms with Gasteiger partial charge in [-0.3, -0.25) is 4.79 Å². The molecule has 0 spiro atoms. The van der Waals surface area contributed by atoms with Crippen molar-refractivity contribution in [3.63, 3.8) is 0 Å². The normalized spacial score (nSPS) is 24.8. The summed E-state index contributed by atoms with van der Waals surface area (Å²) in [5, 5.41) is 8.76. The maximum atomic E-state index is 10.7. The van der Waals surface area contributed by atoms with E-state index in [1.165, 1.54) is 0 Å². The van der Waals surface area contributed by atoms with Gasteiger partial charge in [-0.1, -0.05) is 0 Å². The van der Waals surface area contributed by atoms with Crippen molar-refractivity contribution in [2.24, 2.45) is 0 Å². The molecule has 0 amide bonds. The number of carbonyl (C=O) groups is 1. The number of aliphatic carboxylic acids is 1. The lowest BCUT2D eigenvalue weighted by Crippen LogP contribution is -2.30. The molecule has 0 radical (unpaired) electrons. The highest BCUT2D eigenvalue weighted by atomic mass is 16.5. The van der Waals surface area contributed by atoms with Crippen LogP contribution in [0.25, 0.3) is 0 Å². The van der Waals surface area contributed by atoms with Gasteiger partial charge in [0.2, 0.25) is 5.89 Å². The quantitative estimate of drug-likeness (QED) is 0.873. The van der Waals surface area contributed by atoms with Crippen molar-refractivity contribution in [1.29, 1.82) is 0 Å². The third-order valence-corrected chi connectivity index (χ3v) is 3.13. The van der Waals surface area contributed by atoms with E-state index in [-0.39, 0.29) is 6.42 Å². The fraction of sp³-hybridized carbons (Fsp3) is 0.667. The molecule has 1 unspecified atom stereocenters. The molecular formula is C12H17NO4. The zero-order chi connectivity index (χ0) is 12.5. The summed E-state index contributed by atoms with van der Waals surface area (Å²) in [4.78, 5) is 15.0. The number of carboxylic acids is 1. The molecule has 1 aromatic heterocycles. The largest absolute Gasteiger partial charge is 0.481 e. The van der Waals surface area contributed by atoms with Crippen LogP contribution < -0.4 is 0 Å². The Morgan fingerprint density at radius 2 is 2.29 bits per heavy atom. The number of rotatable bonds is 3. The van der Waals surface area contributed by atoms with Crippen LogP contribution in [0.3, 0.4) is 0 Å². The van der Waals surface area contributed by atoms with Gasteiger partial charge in [-0.05, 0) is 33.1 Å². The van der Waals surface area contributed by atoms with Crippen LogP contribution in [0.2, 0.25) is 0 Å². The van der Waals surface area contributed by atoms with Gasteiger partial charge in [0.15, 0.2) is 0 Å². The molecule has 0 aromatic carbocycles. The molecule has 0 aliphatic carbocycles. The summed E-state index contributed by atoms with van der Waals surface area (Å²) in [5.74, 6) is 0.0133. The molecule has 2 rings (SSSR count). The molecule has 0 bridgehead atoms. The van der Waals surface area contributed by atoms with Crippen molar-refractivity contribution >= 4 is 5.97 Å². The van der Waals surface area contributed by atoms with Gasteiger partial charge in [0.25, 0.3) is 0 Å². The van der Waals surface area contributed by atoms with Gasteiger partial charge in [0.05, 0.1) is 5.69 Å². The van der Waals surface area contributed by atoms with Gasteiger partial charge in [-0.25, -0.2) is 4.98 Å². The molecule has 1 aliphatic heterocycles. The molecule has 1 saturated heterocycles. The monoisotopic (exact) mass is 239 g/mol. The Bertz CT molecular complexity index is 418. The first-order chi connectivity index (χ1) is 8.01. The number of ether oxygens (including phenoxy) is 1. The average molecular weight is 239 g/mol. The molecular weight excluding hydrogens is 222 g/mol. The number of aromatic nitrogens is 1. The summed E-state index contributed by atoms with van der Waals surface area (Å²) in [6.07, 6.45) is 2.86. The third-order valence-electron chi connectivity index (χ3n) is 3.13. The van der Waals surface area contributed by atoms with Crippen LogP contribution in [0, 0.1) is 6.92 Å². The number of nitrogens with zero attached hydrogens (tertiary/aromatic N) is 1. The number of hydrogen-bond acceptors (Lipinski definition) is 4. The van der Waals surface area contributed by atoms with Gasteiger partial charge in [-0.2, -0.15) is 0 Å². The average Bonchev–Trinajstić information content (AvgIpc) is 2.61. The fourth-order valence-electron chi connectivity index (χ4n) is 2.06. The molecule has 2 heterocycles. The summed E-state index contributed by atoms with van der Waals surface area (Å²) in [7, 11) is 0. The first-order valence-electron chi connectivity index (χ1n) is 5.84. The minimum absolute atomic E-state index is 0.130. The van der Waals surface area contributed by atoms with E-state index in [0.717, 1.165) is 19.3 Å². The van der Waals surface area contributed by atoms with Gasteiger partial charge in [0, 0.05) is 6.61 Å². The highest BCUT2D eigenvalue weighted by molar-refractivity contribution is 5.69. The van der Waals surface area contributed by atoms with Gasteiger partial charge in [0.1, 0.15) is 17.8 Å². The van der Waals surface area contributed by atoms with E-state index >= 15 is 0 Å². The molecule has 1 atom stereocenters. The van der Waals surface area contributed by atoms with E-state index < -0.39 is 11.6 Å². The zero-order valence-corrected chi connectivity index (χ0v) is 10.2. The minimum atomic E-state index is -0.912. The molecule has 0 saturated carbocycles. The second-order valence-corrected chi connectivity index (χ2v) is 4.63. The van der Waals surface area contributed by atoms with Gasteiger partial charge >= 0.3 is 5.97 Å². The van der Waals surface area contributed by atoms with Gasteiger partial charge < -0.3 is 14.3 Å². The van der Waals surface area contributed by atoms with Crippen LogP contribution in [0.15, 0.2) is 4.42 Å². The summed E-state index contributed by atoms with van der Waals surface area (Å²) < 4.78 is 11.3. The standard InChI is InChI=1S/C12H17NO4/c1-8-9(7-10(14)15)17-11(13-8)12(2)5-3-4-6-16-12/h3-7H2,1-2H3,(H,14,15). The van der Waals surface area contributed by atoms with E-state index in [2.05, 4.69) is 4.98 Å². The Balaban J connectivity index is 2.23. The first kappa shape index (κ1) is 12.1. The predicted octanol–water partition coefficient (Wildman–Crippen LogP) is 2.03. The first-order valence-corrected chi connectivity index (χ1v) is 5.84. The molecule has 94 valence electrons. The summed E-state index contributed by atoms with van der Waals surface area (Å²) in [5.41, 5.74) is 0.137. The fourth-order valence-corrected chi connectivity index (χ4v) is 2.06. The maximum Gasteiger partial charge on any atom is 0.311 e. The molecule has 5 nitrogen and oxygen atoms in total. The highest BCUT2D eigenvalue weighted by Gasteiger charge is 2.35. The maximum absolute atomic E-state index is 10.7. The molecule has 1 aromatic rings. The van der Waals surface area contributed by atoms with Crippen molar-refractivity contribution in [3.05, 3.63) is 17.3 Å². The smallest absolute Gasteiger partial charge is 0.311 e. The summed E-state index contributed by atoms with van der Waals surface area (Å²) in [6, 6.07) is 0. The number of aryl methyl sites for hydroxylation is 1. The van der Waals surface area contributed by atoms with Gasteiger partial charge in [-0.15, -0.1) is 0 Å². The van der Waals surface area contributed by atoms with Crippen LogP contribution in [-0.4, -0.2) is 22.7 Å². The van der Waals surface area contributed by atoms with E-state index in [1.54, 1.807) is 6.92 Å². The van der Waals surface area contributed by atoms with Crippen molar-refractivity contribution in [2.45, 2.75) is 45.1 Å². The van der Waals surface area contributed by atoms with E-state index in [4.69, 9.17) is 14.3 Å². The Morgan fingerprint density at radius 1 is 1.53 bits per heavy atom. The second kappa shape index (κ2) is 4.49. The molecule has 1 aliphatic rings. The predicted molar refractivity (Wildman–Crippen MR) is 59.7 cm³/mol. The highest BCUT2D eigenvalue weighted by Crippen LogP contribution is 2.34. The number of oxazole rings is 1. The summed E-state index contributed by atoms with van der Waals surface area (Å²) in [6.45, 7) is 4.41. The Hall–Kier alpha value is -1.36. The number of carboxylic acid groups (broad SMARTS) is 1. The Morgan fingerprint density at radius 3 is 2.88 bits per heavy atom.